The normalized spacial score (nSPS) is 17.7. The average molecular weight is 249 g/mol. The second-order valence-electron chi connectivity index (χ2n) is 4.65. The average Bonchev–Trinajstić information content (AvgIpc) is 2.90. The van der Waals surface area contributed by atoms with E-state index in [0.717, 1.165) is 25.2 Å². The number of carbonyl (C=O) groups excluding carboxylic acids is 1. The van der Waals surface area contributed by atoms with Crippen LogP contribution in [0, 0.1) is 0 Å². The Morgan fingerprint density at radius 1 is 1.44 bits per heavy atom. The lowest BCUT2D eigenvalue weighted by Crippen LogP contribution is -2.19. The number of hydrogen-bond donors (Lipinski definition) is 1. The molecule has 1 fully saturated rings. The number of aliphatic hydroxyl groups is 1. The lowest BCUT2D eigenvalue weighted by molar-refractivity contribution is -0.150. The van der Waals surface area contributed by atoms with Crippen molar-refractivity contribution < 1.29 is 14.6 Å². The lowest BCUT2D eigenvalue weighted by atomic mass is 10.1. The van der Waals surface area contributed by atoms with Gasteiger partial charge in [0.05, 0.1) is 7.11 Å². The molecule has 98 valence electrons. The molecule has 2 rings (SSSR count). The highest BCUT2D eigenvalue weighted by Crippen LogP contribution is 2.18. The molecular weight excluding hydrogens is 230 g/mol. The van der Waals surface area contributed by atoms with Gasteiger partial charge >= 0.3 is 5.97 Å². The van der Waals surface area contributed by atoms with Gasteiger partial charge in [-0.15, -0.1) is 0 Å². The van der Waals surface area contributed by atoms with E-state index in [1.54, 1.807) is 6.07 Å². The number of ether oxygens (including phenoxy) is 1. The molecule has 1 saturated heterocycles. The summed E-state index contributed by atoms with van der Waals surface area (Å²) in [6, 6.07) is 7.51. The first-order valence-corrected chi connectivity index (χ1v) is 6.28. The number of methoxy groups -OCH3 is 1. The molecule has 0 aliphatic carbocycles. The van der Waals surface area contributed by atoms with E-state index >= 15 is 0 Å². The molecule has 1 aromatic carbocycles. The van der Waals surface area contributed by atoms with Crippen molar-refractivity contribution in [3.63, 3.8) is 0 Å². The van der Waals surface area contributed by atoms with Crippen LogP contribution in [0.4, 0.5) is 0 Å². The van der Waals surface area contributed by atoms with E-state index in [-0.39, 0.29) is 0 Å². The van der Waals surface area contributed by atoms with Crippen LogP contribution in [-0.2, 0) is 16.1 Å². The second kappa shape index (κ2) is 5.98. The van der Waals surface area contributed by atoms with Crippen molar-refractivity contribution in [2.75, 3.05) is 20.2 Å². The smallest absolute Gasteiger partial charge is 0.339 e. The van der Waals surface area contributed by atoms with Crippen LogP contribution < -0.4 is 0 Å². The number of rotatable bonds is 4. The highest BCUT2D eigenvalue weighted by molar-refractivity contribution is 5.76. The van der Waals surface area contributed by atoms with Crippen LogP contribution in [0.1, 0.15) is 30.1 Å². The topological polar surface area (TPSA) is 49.8 Å². The van der Waals surface area contributed by atoms with Gasteiger partial charge in [0.25, 0.3) is 0 Å². The fraction of sp³-hybridized carbons (Fsp3) is 0.500. The SMILES string of the molecule is COC(=O)C(O)c1cccc(CN2CCCC2)c1. The third kappa shape index (κ3) is 3.09. The van der Waals surface area contributed by atoms with Crippen LogP contribution in [0.25, 0.3) is 0 Å². The van der Waals surface area contributed by atoms with Crippen LogP contribution in [0.15, 0.2) is 24.3 Å². The maximum atomic E-state index is 11.3. The van der Waals surface area contributed by atoms with Crippen LogP contribution in [-0.4, -0.2) is 36.2 Å². The molecule has 1 heterocycles. The minimum atomic E-state index is -1.19. The summed E-state index contributed by atoms with van der Waals surface area (Å²) < 4.78 is 4.54. The first-order valence-electron chi connectivity index (χ1n) is 6.28. The molecule has 1 unspecified atom stereocenters. The van der Waals surface area contributed by atoms with E-state index in [1.165, 1.54) is 20.0 Å². The van der Waals surface area contributed by atoms with Crippen LogP contribution in [0.5, 0.6) is 0 Å². The predicted molar refractivity (Wildman–Crippen MR) is 67.9 cm³/mol. The lowest BCUT2D eigenvalue weighted by Gasteiger charge is -2.16. The number of esters is 1. The number of aliphatic hydroxyl groups excluding tert-OH is 1. The van der Waals surface area contributed by atoms with Gasteiger partial charge < -0.3 is 9.84 Å². The molecule has 0 radical (unpaired) electrons. The Bertz CT molecular complexity index is 413. The van der Waals surface area contributed by atoms with Crippen molar-refractivity contribution in [1.82, 2.24) is 4.90 Å². The fourth-order valence-electron chi connectivity index (χ4n) is 2.31. The number of likely N-dealkylation sites (tertiary alicyclic amines) is 1. The van der Waals surface area contributed by atoms with Gasteiger partial charge in [0, 0.05) is 6.54 Å². The monoisotopic (exact) mass is 249 g/mol. The summed E-state index contributed by atoms with van der Waals surface area (Å²) in [5.74, 6) is -0.617. The molecule has 1 atom stereocenters. The zero-order valence-electron chi connectivity index (χ0n) is 10.6. The third-order valence-corrected chi connectivity index (χ3v) is 3.30. The summed E-state index contributed by atoms with van der Waals surface area (Å²) in [4.78, 5) is 13.7. The predicted octanol–water partition coefficient (Wildman–Crippen LogP) is 1.49. The first kappa shape index (κ1) is 13.1. The van der Waals surface area contributed by atoms with E-state index in [4.69, 9.17) is 0 Å². The van der Waals surface area contributed by atoms with Gasteiger partial charge in [-0.3, -0.25) is 4.90 Å². The van der Waals surface area contributed by atoms with E-state index in [1.807, 2.05) is 18.2 Å². The zero-order valence-corrected chi connectivity index (χ0v) is 10.6. The van der Waals surface area contributed by atoms with E-state index < -0.39 is 12.1 Å². The van der Waals surface area contributed by atoms with Gasteiger partial charge in [-0.05, 0) is 37.1 Å². The molecule has 4 nitrogen and oxygen atoms in total. The highest BCUT2D eigenvalue weighted by atomic mass is 16.5. The largest absolute Gasteiger partial charge is 0.467 e. The second-order valence-corrected chi connectivity index (χ2v) is 4.65. The molecule has 1 aliphatic heterocycles. The van der Waals surface area contributed by atoms with Gasteiger partial charge in [0.1, 0.15) is 0 Å². The molecule has 4 heteroatoms. The summed E-state index contributed by atoms with van der Waals surface area (Å²) in [7, 11) is 1.28. The zero-order chi connectivity index (χ0) is 13.0. The summed E-state index contributed by atoms with van der Waals surface area (Å²) in [6.07, 6.45) is 1.32. The number of hydrogen-bond acceptors (Lipinski definition) is 4. The maximum absolute atomic E-state index is 11.3. The van der Waals surface area contributed by atoms with Gasteiger partial charge in [-0.2, -0.15) is 0 Å². The molecule has 0 aromatic heterocycles. The maximum Gasteiger partial charge on any atom is 0.339 e. The number of nitrogens with zero attached hydrogens (tertiary/aromatic N) is 1. The van der Waals surface area contributed by atoms with Crippen molar-refractivity contribution in [1.29, 1.82) is 0 Å². The summed E-state index contributed by atoms with van der Waals surface area (Å²) in [5, 5.41) is 9.79. The Balaban J connectivity index is 2.06. The molecule has 1 aromatic rings. The minimum absolute atomic E-state index is 0.596. The van der Waals surface area contributed by atoms with Crippen molar-refractivity contribution in [3.05, 3.63) is 35.4 Å². The minimum Gasteiger partial charge on any atom is -0.467 e. The number of benzene rings is 1. The van der Waals surface area contributed by atoms with Crippen LogP contribution >= 0.6 is 0 Å². The molecule has 18 heavy (non-hydrogen) atoms. The van der Waals surface area contributed by atoms with E-state index in [9.17, 15) is 9.90 Å². The van der Waals surface area contributed by atoms with Gasteiger partial charge in [-0.1, -0.05) is 24.3 Å². The summed E-state index contributed by atoms with van der Waals surface area (Å²) >= 11 is 0. The first-order chi connectivity index (χ1) is 8.70. The van der Waals surface area contributed by atoms with Gasteiger partial charge in [-0.25, -0.2) is 4.79 Å². The Kier molecular flexibility index (Phi) is 4.33. The Morgan fingerprint density at radius 3 is 2.83 bits per heavy atom. The van der Waals surface area contributed by atoms with Crippen molar-refractivity contribution in [2.45, 2.75) is 25.5 Å². The standard InChI is InChI=1S/C14H19NO3/c1-18-14(17)13(16)12-6-4-5-11(9-12)10-15-7-2-3-8-15/h4-6,9,13,16H,2-3,7-8,10H2,1H3. The Hall–Kier alpha value is -1.39. The van der Waals surface area contributed by atoms with Crippen molar-refractivity contribution in [2.24, 2.45) is 0 Å². The molecular formula is C14H19NO3. The Morgan fingerprint density at radius 2 is 2.17 bits per heavy atom. The molecule has 0 bridgehead atoms. The van der Waals surface area contributed by atoms with Crippen LogP contribution in [0.3, 0.4) is 0 Å². The summed E-state index contributed by atoms with van der Waals surface area (Å²) in [5.41, 5.74) is 1.72. The fourth-order valence-corrected chi connectivity index (χ4v) is 2.31. The Labute approximate surface area is 107 Å². The van der Waals surface area contributed by atoms with E-state index in [2.05, 4.69) is 9.64 Å². The summed E-state index contributed by atoms with van der Waals surface area (Å²) in [6.45, 7) is 3.13. The quantitative estimate of drug-likeness (QED) is 0.821. The molecule has 1 N–H and O–H groups in total. The third-order valence-electron chi connectivity index (χ3n) is 3.30. The highest BCUT2D eigenvalue weighted by Gasteiger charge is 2.18. The molecule has 0 saturated carbocycles. The van der Waals surface area contributed by atoms with E-state index in [0.29, 0.717) is 5.56 Å². The molecule has 0 spiro atoms. The van der Waals surface area contributed by atoms with Gasteiger partial charge in [0.15, 0.2) is 6.10 Å². The van der Waals surface area contributed by atoms with Gasteiger partial charge in [0.2, 0.25) is 0 Å². The molecule has 1 aliphatic rings. The van der Waals surface area contributed by atoms with Crippen molar-refractivity contribution >= 4 is 5.97 Å². The molecule has 0 amide bonds. The van der Waals surface area contributed by atoms with Crippen LogP contribution in [0.2, 0.25) is 0 Å². The van der Waals surface area contributed by atoms with Crippen molar-refractivity contribution in [3.8, 4) is 0 Å². The number of carbonyl (C=O) groups is 1.